The summed E-state index contributed by atoms with van der Waals surface area (Å²) in [6, 6.07) is 11.5. The van der Waals surface area contributed by atoms with E-state index < -0.39 is 0 Å². The SMILES string of the molecule is COc1ccc(O)c(NC(=S)NC(=O)c2ccc(Br)cc2)c1. The van der Waals surface area contributed by atoms with E-state index in [1.165, 1.54) is 13.2 Å². The first-order chi connectivity index (χ1) is 10.5. The van der Waals surface area contributed by atoms with Crippen LogP contribution in [0.3, 0.4) is 0 Å². The molecular formula is C15H13BrN2O3S. The number of carbonyl (C=O) groups excluding carboxylic acids is 1. The van der Waals surface area contributed by atoms with Gasteiger partial charge in [-0.05, 0) is 48.6 Å². The summed E-state index contributed by atoms with van der Waals surface area (Å²) < 4.78 is 5.95. The van der Waals surface area contributed by atoms with Gasteiger partial charge in [0.1, 0.15) is 11.5 Å². The molecule has 7 heteroatoms. The largest absolute Gasteiger partial charge is 0.506 e. The molecule has 0 aromatic heterocycles. The first kappa shape index (κ1) is 16.3. The van der Waals surface area contributed by atoms with E-state index in [9.17, 15) is 9.90 Å². The van der Waals surface area contributed by atoms with Gasteiger partial charge in [0.15, 0.2) is 5.11 Å². The van der Waals surface area contributed by atoms with E-state index in [0.29, 0.717) is 17.0 Å². The van der Waals surface area contributed by atoms with Crippen LogP contribution in [0.15, 0.2) is 46.9 Å². The molecule has 2 aromatic rings. The molecule has 22 heavy (non-hydrogen) atoms. The molecule has 0 saturated heterocycles. The highest BCUT2D eigenvalue weighted by Crippen LogP contribution is 2.27. The summed E-state index contributed by atoms with van der Waals surface area (Å²) in [4.78, 5) is 12.0. The summed E-state index contributed by atoms with van der Waals surface area (Å²) in [5.41, 5.74) is 0.822. The average molecular weight is 381 g/mol. The Morgan fingerprint density at radius 2 is 1.91 bits per heavy atom. The second-order valence-electron chi connectivity index (χ2n) is 4.30. The maximum Gasteiger partial charge on any atom is 0.257 e. The predicted octanol–water partition coefficient (Wildman–Crippen LogP) is 3.29. The van der Waals surface area contributed by atoms with Crippen molar-refractivity contribution in [2.75, 3.05) is 12.4 Å². The number of benzene rings is 2. The van der Waals surface area contributed by atoms with Crippen LogP contribution in [0.5, 0.6) is 11.5 Å². The van der Waals surface area contributed by atoms with Crippen LogP contribution in [0.2, 0.25) is 0 Å². The lowest BCUT2D eigenvalue weighted by Crippen LogP contribution is -2.34. The van der Waals surface area contributed by atoms with Crippen molar-refractivity contribution in [3.8, 4) is 11.5 Å². The molecule has 0 unspecified atom stereocenters. The number of halogens is 1. The fourth-order valence-electron chi connectivity index (χ4n) is 1.67. The number of aromatic hydroxyl groups is 1. The van der Waals surface area contributed by atoms with Gasteiger partial charge in [-0.1, -0.05) is 15.9 Å². The number of methoxy groups -OCH3 is 1. The summed E-state index contributed by atoms with van der Waals surface area (Å²) in [7, 11) is 1.52. The van der Waals surface area contributed by atoms with Gasteiger partial charge in [-0.25, -0.2) is 0 Å². The van der Waals surface area contributed by atoms with E-state index in [1.54, 1.807) is 36.4 Å². The minimum atomic E-state index is -0.340. The van der Waals surface area contributed by atoms with Gasteiger partial charge in [0.25, 0.3) is 5.91 Å². The Kier molecular flexibility index (Phi) is 5.35. The van der Waals surface area contributed by atoms with E-state index in [0.717, 1.165) is 4.47 Å². The summed E-state index contributed by atoms with van der Waals surface area (Å²) >= 11 is 8.37. The van der Waals surface area contributed by atoms with Crippen molar-refractivity contribution >= 4 is 44.9 Å². The lowest BCUT2D eigenvalue weighted by Gasteiger charge is -2.12. The minimum Gasteiger partial charge on any atom is -0.506 e. The van der Waals surface area contributed by atoms with Crippen molar-refractivity contribution in [2.24, 2.45) is 0 Å². The van der Waals surface area contributed by atoms with E-state index >= 15 is 0 Å². The molecule has 114 valence electrons. The lowest BCUT2D eigenvalue weighted by molar-refractivity contribution is 0.0977. The third kappa shape index (κ3) is 4.19. The number of carbonyl (C=O) groups is 1. The van der Waals surface area contributed by atoms with E-state index in [1.807, 2.05) is 0 Å². The molecule has 0 fully saturated rings. The van der Waals surface area contributed by atoms with Crippen LogP contribution < -0.4 is 15.4 Å². The Labute approximate surface area is 141 Å². The summed E-state index contributed by atoms with van der Waals surface area (Å²) in [5.74, 6) is 0.218. The standard InChI is InChI=1S/C15H13BrN2O3S/c1-21-11-6-7-13(19)12(8-11)17-15(22)18-14(20)9-2-4-10(16)5-3-9/h2-8,19H,1H3,(H2,17,18,20,22). The van der Waals surface area contributed by atoms with Crippen molar-refractivity contribution in [3.63, 3.8) is 0 Å². The van der Waals surface area contributed by atoms with Gasteiger partial charge >= 0.3 is 0 Å². The van der Waals surface area contributed by atoms with Crippen molar-refractivity contribution in [3.05, 3.63) is 52.5 Å². The number of ether oxygens (including phenoxy) is 1. The third-order valence-corrected chi connectivity index (χ3v) is 3.52. The van der Waals surface area contributed by atoms with Crippen molar-refractivity contribution in [2.45, 2.75) is 0 Å². The van der Waals surface area contributed by atoms with Crippen molar-refractivity contribution in [1.29, 1.82) is 0 Å². The van der Waals surface area contributed by atoms with Crippen LogP contribution >= 0.6 is 28.1 Å². The van der Waals surface area contributed by atoms with Gasteiger partial charge in [-0.2, -0.15) is 0 Å². The molecular weight excluding hydrogens is 368 g/mol. The number of phenols is 1. The first-order valence-electron chi connectivity index (χ1n) is 6.24. The Balaban J connectivity index is 2.04. The highest BCUT2D eigenvalue weighted by atomic mass is 79.9. The van der Waals surface area contributed by atoms with Gasteiger partial charge in [-0.3, -0.25) is 10.1 Å². The Hall–Kier alpha value is -2.12. The highest BCUT2D eigenvalue weighted by molar-refractivity contribution is 9.10. The molecule has 2 rings (SSSR count). The first-order valence-corrected chi connectivity index (χ1v) is 7.44. The maximum absolute atomic E-state index is 12.0. The monoisotopic (exact) mass is 380 g/mol. The summed E-state index contributed by atoms with van der Waals surface area (Å²) in [6.45, 7) is 0. The maximum atomic E-state index is 12.0. The van der Waals surface area contributed by atoms with E-state index in [2.05, 4.69) is 26.6 Å². The predicted molar refractivity (Wildman–Crippen MR) is 92.5 cm³/mol. The number of amides is 1. The zero-order chi connectivity index (χ0) is 16.1. The Morgan fingerprint density at radius 3 is 2.55 bits per heavy atom. The van der Waals surface area contributed by atoms with Crippen LogP contribution in [-0.2, 0) is 0 Å². The molecule has 1 amide bonds. The number of hydrogen-bond acceptors (Lipinski definition) is 4. The van der Waals surface area contributed by atoms with Gasteiger partial charge in [0, 0.05) is 16.1 Å². The van der Waals surface area contributed by atoms with Gasteiger partial charge in [0.05, 0.1) is 12.8 Å². The average Bonchev–Trinajstić information content (AvgIpc) is 2.50. The van der Waals surface area contributed by atoms with Crippen molar-refractivity contribution in [1.82, 2.24) is 5.32 Å². The third-order valence-electron chi connectivity index (χ3n) is 2.79. The fraction of sp³-hybridized carbons (Fsp3) is 0.0667. The molecule has 0 radical (unpaired) electrons. The molecule has 0 aliphatic heterocycles. The van der Waals surface area contributed by atoms with Gasteiger partial charge < -0.3 is 15.2 Å². The summed E-state index contributed by atoms with van der Waals surface area (Å²) in [6.07, 6.45) is 0. The molecule has 0 aliphatic carbocycles. The Bertz CT molecular complexity index is 704. The zero-order valence-corrected chi connectivity index (χ0v) is 14.0. The highest BCUT2D eigenvalue weighted by Gasteiger charge is 2.10. The number of anilines is 1. The van der Waals surface area contributed by atoms with Crippen LogP contribution in [0.25, 0.3) is 0 Å². The smallest absolute Gasteiger partial charge is 0.257 e. The lowest BCUT2D eigenvalue weighted by atomic mass is 10.2. The molecule has 0 heterocycles. The Morgan fingerprint density at radius 1 is 1.23 bits per heavy atom. The van der Waals surface area contributed by atoms with Gasteiger partial charge in [-0.15, -0.1) is 0 Å². The minimum absolute atomic E-state index is 0.000964. The molecule has 0 bridgehead atoms. The molecule has 0 aliphatic rings. The number of rotatable bonds is 3. The summed E-state index contributed by atoms with van der Waals surface area (Å²) in [5, 5.41) is 15.1. The number of thiocarbonyl (C=S) groups is 1. The van der Waals surface area contributed by atoms with Crippen LogP contribution in [0.4, 0.5) is 5.69 Å². The molecule has 2 aromatic carbocycles. The molecule has 0 atom stereocenters. The number of phenolic OH excluding ortho intramolecular Hbond substituents is 1. The van der Waals surface area contributed by atoms with Crippen molar-refractivity contribution < 1.29 is 14.6 Å². The second kappa shape index (κ2) is 7.24. The van der Waals surface area contributed by atoms with Crippen LogP contribution in [0, 0.1) is 0 Å². The van der Waals surface area contributed by atoms with Crippen LogP contribution in [0.1, 0.15) is 10.4 Å². The molecule has 5 nitrogen and oxygen atoms in total. The number of nitrogens with one attached hydrogen (secondary N) is 2. The normalized spacial score (nSPS) is 9.91. The topological polar surface area (TPSA) is 70.6 Å². The van der Waals surface area contributed by atoms with E-state index in [-0.39, 0.29) is 16.8 Å². The van der Waals surface area contributed by atoms with Crippen LogP contribution in [-0.4, -0.2) is 23.2 Å². The van der Waals surface area contributed by atoms with Gasteiger partial charge in [0.2, 0.25) is 0 Å². The fourth-order valence-corrected chi connectivity index (χ4v) is 2.14. The molecule has 0 spiro atoms. The van der Waals surface area contributed by atoms with E-state index in [4.69, 9.17) is 17.0 Å². The zero-order valence-electron chi connectivity index (χ0n) is 11.6. The molecule has 0 saturated carbocycles. The quantitative estimate of drug-likeness (QED) is 0.562. The molecule has 3 N–H and O–H groups in total. The number of hydrogen-bond donors (Lipinski definition) is 3. The second-order valence-corrected chi connectivity index (χ2v) is 5.62.